The second-order valence-electron chi connectivity index (χ2n) is 4.48. The fourth-order valence-corrected chi connectivity index (χ4v) is 2.23. The molecule has 0 radical (unpaired) electrons. The molecule has 1 N–H and O–H groups in total. The van der Waals surface area contributed by atoms with Gasteiger partial charge in [0.05, 0.1) is 6.04 Å². The summed E-state index contributed by atoms with van der Waals surface area (Å²) in [6, 6.07) is 0.236. The molecule has 1 heterocycles. The van der Waals surface area contributed by atoms with Crippen LogP contribution in [-0.2, 0) is 9.47 Å². The van der Waals surface area contributed by atoms with Crippen molar-refractivity contribution in [3.8, 4) is 0 Å². The van der Waals surface area contributed by atoms with E-state index in [0.717, 1.165) is 13.1 Å². The average Bonchev–Trinajstić information content (AvgIpc) is 2.32. The predicted molar refractivity (Wildman–Crippen MR) is 65.6 cm³/mol. The molecule has 0 aliphatic carbocycles. The van der Waals surface area contributed by atoms with Crippen molar-refractivity contribution in [2.24, 2.45) is 0 Å². The van der Waals surface area contributed by atoms with E-state index in [2.05, 4.69) is 17.1 Å². The molecule has 1 aliphatic rings. The third-order valence-electron chi connectivity index (χ3n) is 3.22. The first kappa shape index (κ1) is 13.9. The van der Waals surface area contributed by atoms with Crippen LogP contribution in [0.25, 0.3) is 0 Å². The molecule has 1 rings (SSSR count). The molecule has 0 aromatic carbocycles. The van der Waals surface area contributed by atoms with E-state index >= 15 is 0 Å². The molecule has 0 amide bonds. The Morgan fingerprint density at radius 1 is 1.12 bits per heavy atom. The maximum atomic E-state index is 5.21. The molecular formula is C12H26N2O2. The fourth-order valence-electron chi connectivity index (χ4n) is 2.23. The van der Waals surface area contributed by atoms with Crippen molar-refractivity contribution >= 4 is 0 Å². The number of hydrogen-bond acceptors (Lipinski definition) is 4. The summed E-state index contributed by atoms with van der Waals surface area (Å²) in [6.45, 7) is 6.74. The van der Waals surface area contributed by atoms with Gasteiger partial charge >= 0.3 is 0 Å². The molecule has 0 saturated carbocycles. The average molecular weight is 230 g/mol. The summed E-state index contributed by atoms with van der Waals surface area (Å²) >= 11 is 0. The third kappa shape index (κ3) is 4.78. The minimum Gasteiger partial charge on any atom is -0.354 e. The van der Waals surface area contributed by atoms with Crippen LogP contribution in [0.2, 0.25) is 0 Å². The van der Waals surface area contributed by atoms with Crippen molar-refractivity contribution in [3.63, 3.8) is 0 Å². The highest BCUT2D eigenvalue weighted by atomic mass is 16.7. The van der Waals surface area contributed by atoms with E-state index in [9.17, 15) is 0 Å². The van der Waals surface area contributed by atoms with Gasteiger partial charge in [0.2, 0.25) is 0 Å². The standard InChI is InChI=1S/C12H26N2O2/c1-11(12(15-2)16-3)13-7-10-14-8-5-4-6-9-14/h11-13H,4-10H2,1-3H3. The Morgan fingerprint density at radius 2 is 1.75 bits per heavy atom. The van der Waals surface area contributed by atoms with E-state index in [1.54, 1.807) is 14.2 Å². The van der Waals surface area contributed by atoms with Crippen molar-refractivity contribution in [1.82, 2.24) is 10.2 Å². The van der Waals surface area contributed by atoms with Crippen molar-refractivity contribution in [3.05, 3.63) is 0 Å². The zero-order valence-corrected chi connectivity index (χ0v) is 10.9. The normalized spacial score (nSPS) is 20.2. The number of hydrogen-bond donors (Lipinski definition) is 1. The number of nitrogens with one attached hydrogen (secondary N) is 1. The molecule has 4 nitrogen and oxygen atoms in total. The van der Waals surface area contributed by atoms with Gasteiger partial charge in [0.1, 0.15) is 0 Å². The number of ether oxygens (including phenoxy) is 2. The van der Waals surface area contributed by atoms with Gasteiger partial charge in [0.25, 0.3) is 0 Å². The van der Waals surface area contributed by atoms with Crippen molar-refractivity contribution in [2.75, 3.05) is 40.4 Å². The number of nitrogens with zero attached hydrogens (tertiary/aromatic N) is 1. The van der Waals surface area contributed by atoms with Crippen LogP contribution in [0.15, 0.2) is 0 Å². The van der Waals surface area contributed by atoms with Gasteiger partial charge < -0.3 is 19.7 Å². The van der Waals surface area contributed by atoms with Gasteiger partial charge in [-0.05, 0) is 32.9 Å². The van der Waals surface area contributed by atoms with Crippen LogP contribution in [0.3, 0.4) is 0 Å². The van der Waals surface area contributed by atoms with E-state index in [0.29, 0.717) is 0 Å². The Labute approximate surface area is 99.3 Å². The van der Waals surface area contributed by atoms with Gasteiger partial charge in [0.15, 0.2) is 6.29 Å². The van der Waals surface area contributed by atoms with Crippen LogP contribution in [0.1, 0.15) is 26.2 Å². The zero-order valence-electron chi connectivity index (χ0n) is 10.9. The zero-order chi connectivity index (χ0) is 11.8. The molecule has 4 heteroatoms. The van der Waals surface area contributed by atoms with Gasteiger partial charge in [-0.2, -0.15) is 0 Å². The minimum atomic E-state index is -0.152. The van der Waals surface area contributed by atoms with Crippen molar-refractivity contribution in [1.29, 1.82) is 0 Å². The molecule has 1 atom stereocenters. The Balaban J connectivity index is 2.09. The highest BCUT2D eigenvalue weighted by Gasteiger charge is 2.15. The number of likely N-dealkylation sites (tertiary alicyclic amines) is 1. The van der Waals surface area contributed by atoms with Gasteiger partial charge in [0, 0.05) is 27.3 Å². The molecule has 0 aromatic heterocycles. The van der Waals surface area contributed by atoms with Gasteiger partial charge in [-0.25, -0.2) is 0 Å². The van der Waals surface area contributed by atoms with E-state index in [1.807, 2.05) is 0 Å². The summed E-state index contributed by atoms with van der Waals surface area (Å²) in [5.74, 6) is 0. The van der Waals surface area contributed by atoms with Gasteiger partial charge in [-0.3, -0.25) is 0 Å². The first-order valence-corrected chi connectivity index (χ1v) is 6.29. The maximum Gasteiger partial charge on any atom is 0.171 e. The SMILES string of the molecule is COC(OC)C(C)NCCN1CCCCC1. The Kier molecular flexibility index (Phi) is 6.96. The maximum absolute atomic E-state index is 5.21. The lowest BCUT2D eigenvalue weighted by Crippen LogP contribution is -2.44. The van der Waals surface area contributed by atoms with E-state index in [4.69, 9.17) is 9.47 Å². The lowest BCUT2D eigenvalue weighted by molar-refractivity contribution is -0.119. The Morgan fingerprint density at radius 3 is 2.31 bits per heavy atom. The Hall–Kier alpha value is -0.160. The first-order chi connectivity index (χ1) is 7.77. The molecule has 0 spiro atoms. The quantitative estimate of drug-likeness (QED) is 0.663. The largest absolute Gasteiger partial charge is 0.354 e. The highest BCUT2D eigenvalue weighted by molar-refractivity contribution is 4.69. The summed E-state index contributed by atoms with van der Waals surface area (Å²) in [7, 11) is 3.36. The molecule has 1 fully saturated rings. The van der Waals surface area contributed by atoms with Crippen molar-refractivity contribution in [2.45, 2.75) is 38.5 Å². The second-order valence-corrected chi connectivity index (χ2v) is 4.48. The smallest absolute Gasteiger partial charge is 0.171 e. The van der Waals surface area contributed by atoms with E-state index in [-0.39, 0.29) is 12.3 Å². The number of rotatable bonds is 7. The second kappa shape index (κ2) is 8.01. The van der Waals surface area contributed by atoms with E-state index < -0.39 is 0 Å². The number of piperidine rings is 1. The summed E-state index contributed by atoms with van der Waals surface area (Å²) in [5, 5.41) is 3.44. The van der Waals surface area contributed by atoms with Crippen LogP contribution in [-0.4, -0.2) is 57.6 Å². The van der Waals surface area contributed by atoms with Gasteiger partial charge in [-0.15, -0.1) is 0 Å². The summed E-state index contributed by atoms with van der Waals surface area (Å²) < 4.78 is 10.4. The minimum absolute atomic E-state index is 0.152. The molecule has 1 saturated heterocycles. The fraction of sp³-hybridized carbons (Fsp3) is 1.00. The highest BCUT2D eigenvalue weighted by Crippen LogP contribution is 2.07. The summed E-state index contributed by atoms with van der Waals surface area (Å²) in [4.78, 5) is 2.53. The predicted octanol–water partition coefficient (Wildman–Crippen LogP) is 1.07. The van der Waals surface area contributed by atoms with Crippen LogP contribution in [0.4, 0.5) is 0 Å². The molecule has 16 heavy (non-hydrogen) atoms. The van der Waals surface area contributed by atoms with Crippen LogP contribution < -0.4 is 5.32 Å². The first-order valence-electron chi connectivity index (χ1n) is 6.29. The Bertz CT molecular complexity index is 168. The summed E-state index contributed by atoms with van der Waals surface area (Å²) in [5.41, 5.74) is 0. The summed E-state index contributed by atoms with van der Waals surface area (Å²) in [6.07, 6.45) is 3.96. The monoisotopic (exact) mass is 230 g/mol. The lowest BCUT2D eigenvalue weighted by atomic mass is 10.1. The van der Waals surface area contributed by atoms with Crippen LogP contribution in [0, 0.1) is 0 Å². The van der Waals surface area contributed by atoms with Crippen molar-refractivity contribution < 1.29 is 9.47 Å². The third-order valence-corrected chi connectivity index (χ3v) is 3.22. The molecule has 96 valence electrons. The lowest BCUT2D eigenvalue weighted by Gasteiger charge is -2.28. The van der Waals surface area contributed by atoms with E-state index in [1.165, 1.54) is 32.4 Å². The molecule has 1 aliphatic heterocycles. The van der Waals surface area contributed by atoms with Gasteiger partial charge in [-0.1, -0.05) is 6.42 Å². The molecular weight excluding hydrogens is 204 g/mol. The topological polar surface area (TPSA) is 33.7 Å². The molecule has 1 unspecified atom stereocenters. The van der Waals surface area contributed by atoms with Crippen LogP contribution >= 0.6 is 0 Å². The molecule has 0 bridgehead atoms. The van der Waals surface area contributed by atoms with Crippen LogP contribution in [0.5, 0.6) is 0 Å². The molecule has 0 aromatic rings. The number of methoxy groups -OCH3 is 2.